The van der Waals surface area contributed by atoms with Crippen molar-refractivity contribution in [3.63, 3.8) is 0 Å². The summed E-state index contributed by atoms with van der Waals surface area (Å²) in [4.78, 5) is 24.8. The molecule has 0 spiro atoms. The molecular formula is C26H26N4O5. The molecule has 35 heavy (non-hydrogen) atoms. The third kappa shape index (κ3) is 3.69. The molecule has 5 rings (SSSR count). The van der Waals surface area contributed by atoms with Crippen molar-refractivity contribution in [1.82, 2.24) is 19.4 Å². The van der Waals surface area contributed by atoms with E-state index in [0.717, 1.165) is 22.3 Å². The minimum atomic E-state index is -0.100. The molecule has 0 atom stereocenters. The molecule has 0 fully saturated rings. The van der Waals surface area contributed by atoms with Crippen LogP contribution in [0.1, 0.15) is 21.9 Å². The molecular weight excluding hydrogens is 448 g/mol. The standard InChI is InChI=1S/C26H26N4O5/c1-29-9-8-27-23(29)14-30-13-18-25(26(30)31)24(15-6-7-19(32-2)20(10-15)33-3)16-11-21(34-4)22(35-5)12-17(16)28-18/h6-12H,13-14H2,1-5H3. The third-order valence-electron chi connectivity index (χ3n) is 6.33. The van der Waals surface area contributed by atoms with Gasteiger partial charge in [-0.3, -0.25) is 4.79 Å². The molecule has 1 amide bonds. The normalized spacial score (nSPS) is 12.7. The van der Waals surface area contributed by atoms with Gasteiger partial charge in [0.2, 0.25) is 0 Å². The van der Waals surface area contributed by atoms with Crippen LogP contribution >= 0.6 is 0 Å². The van der Waals surface area contributed by atoms with Crippen molar-refractivity contribution in [2.75, 3.05) is 28.4 Å². The van der Waals surface area contributed by atoms with Gasteiger partial charge in [0, 0.05) is 36.5 Å². The summed E-state index contributed by atoms with van der Waals surface area (Å²) in [5.74, 6) is 3.00. The maximum Gasteiger partial charge on any atom is 0.257 e. The molecule has 9 heteroatoms. The van der Waals surface area contributed by atoms with E-state index in [-0.39, 0.29) is 5.91 Å². The number of amides is 1. The van der Waals surface area contributed by atoms with Gasteiger partial charge in [0.25, 0.3) is 5.91 Å². The molecule has 0 N–H and O–H groups in total. The molecule has 2 aromatic carbocycles. The van der Waals surface area contributed by atoms with Gasteiger partial charge in [-0.2, -0.15) is 0 Å². The number of aryl methyl sites for hydroxylation is 1. The number of hydrogen-bond donors (Lipinski definition) is 0. The zero-order valence-electron chi connectivity index (χ0n) is 20.3. The second-order valence-electron chi connectivity index (χ2n) is 8.22. The number of carbonyl (C=O) groups excluding carboxylic acids is 1. The van der Waals surface area contributed by atoms with Crippen LogP contribution in [-0.4, -0.2) is 53.8 Å². The molecule has 4 aromatic rings. The van der Waals surface area contributed by atoms with E-state index in [1.807, 2.05) is 48.1 Å². The van der Waals surface area contributed by atoms with Gasteiger partial charge in [0.1, 0.15) is 5.82 Å². The van der Waals surface area contributed by atoms with Crippen LogP contribution in [0.3, 0.4) is 0 Å². The Kier molecular flexibility index (Phi) is 5.68. The van der Waals surface area contributed by atoms with Crippen molar-refractivity contribution in [2.45, 2.75) is 13.1 Å². The molecule has 1 aliphatic heterocycles. The van der Waals surface area contributed by atoms with Crippen LogP contribution in [-0.2, 0) is 20.1 Å². The Morgan fingerprint density at radius 1 is 0.886 bits per heavy atom. The largest absolute Gasteiger partial charge is 0.493 e. The van der Waals surface area contributed by atoms with Crippen LogP contribution in [0.4, 0.5) is 0 Å². The molecule has 0 aliphatic carbocycles. The van der Waals surface area contributed by atoms with Crippen LogP contribution < -0.4 is 18.9 Å². The topological polar surface area (TPSA) is 87.9 Å². The monoisotopic (exact) mass is 474 g/mol. The summed E-state index contributed by atoms with van der Waals surface area (Å²) in [6, 6.07) is 9.33. The lowest BCUT2D eigenvalue weighted by atomic mass is 9.94. The predicted octanol–water partition coefficient (Wildman–Crippen LogP) is 3.83. The van der Waals surface area contributed by atoms with Crippen LogP contribution in [0.5, 0.6) is 23.0 Å². The van der Waals surface area contributed by atoms with E-state index in [1.165, 1.54) is 0 Å². The number of rotatable bonds is 7. The number of pyridine rings is 1. The molecule has 180 valence electrons. The van der Waals surface area contributed by atoms with Gasteiger partial charge in [-0.05, 0) is 23.8 Å². The molecule has 0 bridgehead atoms. The first-order valence-electron chi connectivity index (χ1n) is 11.1. The zero-order chi connectivity index (χ0) is 24.7. The Morgan fingerprint density at radius 2 is 1.57 bits per heavy atom. The first-order chi connectivity index (χ1) is 17.0. The maximum absolute atomic E-state index is 13.8. The van der Waals surface area contributed by atoms with E-state index >= 15 is 0 Å². The second kappa shape index (κ2) is 8.83. The van der Waals surface area contributed by atoms with E-state index in [1.54, 1.807) is 39.5 Å². The minimum Gasteiger partial charge on any atom is -0.493 e. The summed E-state index contributed by atoms with van der Waals surface area (Å²) in [5.41, 5.74) is 3.54. The number of methoxy groups -OCH3 is 4. The van der Waals surface area contributed by atoms with Crippen molar-refractivity contribution in [1.29, 1.82) is 0 Å². The van der Waals surface area contributed by atoms with Crippen LogP contribution in [0.2, 0.25) is 0 Å². The molecule has 0 saturated carbocycles. The fourth-order valence-electron chi connectivity index (χ4n) is 4.54. The number of hydrogen-bond acceptors (Lipinski definition) is 7. The van der Waals surface area contributed by atoms with Gasteiger partial charge in [0.05, 0.1) is 58.3 Å². The number of benzene rings is 2. The number of fused-ring (bicyclic) bond motifs is 2. The second-order valence-corrected chi connectivity index (χ2v) is 8.22. The van der Waals surface area contributed by atoms with Gasteiger partial charge in [-0.25, -0.2) is 9.97 Å². The van der Waals surface area contributed by atoms with E-state index < -0.39 is 0 Å². The predicted molar refractivity (Wildman–Crippen MR) is 130 cm³/mol. The first-order valence-corrected chi connectivity index (χ1v) is 11.1. The van der Waals surface area contributed by atoms with E-state index in [9.17, 15) is 4.79 Å². The quantitative estimate of drug-likeness (QED) is 0.402. The van der Waals surface area contributed by atoms with Crippen LogP contribution in [0.15, 0.2) is 42.7 Å². The highest BCUT2D eigenvalue weighted by Crippen LogP contribution is 2.43. The third-order valence-corrected chi connectivity index (χ3v) is 6.33. The van der Waals surface area contributed by atoms with Crippen molar-refractivity contribution in [3.8, 4) is 34.1 Å². The smallest absolute Gasteiger partial charge is 0.257 e. The molecule has 0 unspecified atom stereocenters. The summed E-state index contributed by atoms with van der Waals surface area (Å²) in [7, 11) is 8.26. The molecule has 3 heterocycles. The van der Waals surface area contributed by atoms with Crippen molar-refractivity contribution < 1.29 is 23.7 Å². The lowest BCUT2D eigenvalue weighted by molar-refractivity contribution is 0.0761. The zero-order valence-corrected chi connectivity index (χ0v) is 20.3. The Morgan fingerprint density at radius 3 is 2.23 bits per heavy atom. The van der Waals surface area contributed by atoms with Crippen LogP contribution in [0.25, 0.3) is 22.0 Å². The van der Waals surface area contributed by atoms with E-state index in [4.69, 9.17) is 23.9 Å². The number of ether oxygens (including phenoxy) is 4. The summed E-state index contributed by atoms with van der Waals surface area (Å²) < 4.78 is 24.0. The molecule has 0 radical (unpaired) electrons. The lowest BCUT2D eigenvalue weighted by Crippen LogP contribution is -2.25. The van der Waals surface area contributed by atoms with Crippen molar-refractivity contribution >= 4 is 16.8 Å². The van der Waals surface area contributed by atoms with Crippen molar-refractivity contribution in [2.24, 2.45) is 7.05 Å². The fraction of sp³-hybridized carbons (Fsp3) is 0.269. The first kappa shape index (κ1) is 22.5. The SMILES string of the molecule is COc1ccc(-c2c3c(nc4cc(OC)c(OC)cc24)CN(Cc2nccn2C)C3=O)cc1OC. The van der Waals surface area contributed by atoms with Crippen LogP contribution in [0, 0.1) is 0 Å². The Bertz CT molecular complexity index is 1450. The minimum absolute atomic E-state index is 0.100. The van der Waals surface area contributed by atoms with Gasteiger partial charge >= 0.3 is 0 Å². The number of imidazole rings is 1. The Hall–Kier alpha value is -4.27. The molecule has 2 aromatic heterocycles. The van der Waals surface area contributed by atoms with Crippen molar-refractivity contribution in [3.05, 3.63) is 59.8 Å². The highest BCUT2D eigenvalue weighted by Gasteiger charge is 2.34. The van der Waals surface area contributed by atoms with Gasteiger partial charge in [-0.15, -0.1) is 0 Å². The van der Waals surface area contributed by atoms with Gasteiger partial charge in [-0.1, -0.05) is 6.07 Å². The number of nitrogens with zero attached hydrogens (tertiary/aromatic N) is 4. The maximum atomic E-state index is 13.8. The summed E-state index contributed by atoms with van der Waals surface area (Å²) in [6.07, 6.45) is 3.59. The molecule has 1 aliphatic rings. The number of carbonyl (C=O) groups is 1. The number of aromatic nitrogens is 3. The molecule has 9 nitrogen and oxygen atoms in total. The highest BCUT2D eigenvalue weighted by molar-refractivity contribution is 6.11. The fourth-order valence-corrected chi connectivity index (χ4v) is 4.54. The van der Waals surface area contributed by atoms with Gasteiger partial charge in [0.15, 0.2) is 23.0 Å². The highest BCUT2D eigenvalue weighted by atomic mass is 16.5. The van der Waals surface area contributed by atoms with E-state index in [0.29, 0.717) is 52.9 Å². The summed E-state index contributed by atoms with van der Waals surface area (Å²) in [5, 5.41) is 0.779. The molecule has 0 saturated heterocycles. The summed E-state index contributed by atoms with van der Waals surface area (Å²) >= 11 is 0. The van der Waals surface area contributed by atoms with Gasteiger partial charge < -0.3 is 28.4 Å². The van der Waals surface area contributed by atoms with E-state index in [2.05, 4.69) is 4.98 Å². The average molecular weight is 475 g/mol. The average Bonchev–Trinajstić information content (AvgIpc) is 3.43. The Labute approximate surface area is 202 Å². The summed E-state index contributed by atoms with van der Waals surface area (Å²) in [6.45, 7) is 0.763. The lowest BCUT2D eigenvalue weighted by Gasteiger charge is -2.17. The Balaban J connectivity index is 1.75.